The van der Waals surface area contributed by atoms with E-state index in [4.69, 9.17) is 16.3 Å². The smallest absolute Gasteiger partial charge is 0.381 e. The van der Waals surface area contributed by atoms with Crippen molar-refractivity contribution in [3.63, 3.8) is 0 Å². The molecule has 3 nitrogen and oxygen atoms in total. The molecule has 0 aliphatic heterocycles. The van der Waals surface area contributed by atoms with E-state index < -0.39 is 0 Å². The lowest BCUT2D eigenvalue weighted by atomic mass is 10.2. The maximum absolute atomic E-state index is 11.6. The molecule has 2 rings (SSSR count). The van der Waals surface area contributed by atoms with E-state index in [0.29, 0.717) is 10.5 Å². The van der Waals surface area contributed by atoms with Gasteiger partial charge in [-0.1, -0.05) is 23.7 Å². The zero-order valence-electron chi connectivity index (χ0n) is 7.53. The molecule has 0 aliphatic rings. The van der Waals surface area contributed by atoms with Crippen LogP contribution in [0.5, 0.6) is 5.88 Å². The molecule has 4 heteroatoms. The van der Waals surface area contributed by atoms with Gasteiger partial charge in [0.25, 0.3) is 0 Å². The van der Waals surface area contributed by atoms with Crippen LogP contribution >= 0.6 is 11.6 Å². The summed E-state index contributed by atoms with van der Waals surface area (Å²) in [6, 6.07) is 8.63. The first-order chi connectivity index (χ1) is 6.74. The Morgan fingerprint density at radius 2 is 2.07 bits per heavy atom. The Bertz CT molecular complexity index is 485. The van der Waals surface area contributed by atoms with Gasteiger partial charge in [0.2, 0.25) is 5.52 Å². The number of pyridine rings is 1. The molecule has 2 aromatic rings. The SMILES string of the molecule is COc1cc(Cl)c2ccccc2[n+]1[O-]. The van der Waals surface area contributed by atoms with Gasteiger partial charge in [0.05, 0.1) is 23.6 Å². The van der Waals surface area contributed by atoms with Crippen LogP contribution in [0.1, 0.15) is 0 Å². The van der Waals surface area contributed by atoms with Crippen molar-refractivity contribution in [2.24, 2.45) is 0 Å². The summed E-state index contributed by atoms with van der Waals surface area (Å²) in [7, 11) is 1.44. The minimum Gasteiger partial charge on any atom is -0.616 e. The zero-order chi connectivity index (χ0) is 10.1. The second kappa shape index (κ2) is 3.35. The van der Waals surface area contributed by atoms with Gasteiger partial charge in [-0.15, -0.1) is 4.73 Å². The Balaban J connectivity index is 2.87. The fraction of sp³-hybridized carbons (Fsp3) is 0.100. The van der Waals surface area contributed by atoms with E-state index in [2.05, 4.69) is 0 Å². The first-order valence-electron chi connectivity index (χ1n) is 4.09. The van der Waals surface area contributed by atoms with E-state index >= 15 is 0 Å². The molecule has 0 radical (unpaired) electrons. The van der Waals surface area contributed by atoms with Gasteiger partial charge in [-0.2, -0.15) is 0 Å². The van der Waals surface area contributed by atoms with Gasteiger partial charge < -0.3 is 9.94 Å². The van der Waals surface area contributed by atoms with Crippen molar-refractivity contribution in [1.29, 1.82) is 0 Å². The van der Waals surface area contributed by atoms with Gasteiger partial charge in [0, 0.05) is 6.07 Å². The summed E-state index contributed by atoms with van der Waals surface area (Å²) in [5.74, 6) is 0.203. The highest BCUT2D eigenvalue weighted by molar-refractivity contribution is 6.35. The zero-order valence-corrected chi connectivity index (χ0v) is 8.28. The summed E-state index contributed by atoms with van der Waals surface area (Å²) >= 11 is 5.98. The minimum atomic E-state index is 0.203. The molecule has 0 saturated heterocycles. The minimum absolute atomic E-state index is 0.203. The predicted octanol–water partition coefficient (Wildman–Crippen LogP) is 2.14. The Morgan fingerprint density at radius 1 is 1.36 bits per heavy atom. The first-order valence-corrected chi connectivity index (χ1v) is 4.46. The average molecular weight is 210 g/mol. The summed E-state index contributed by atoms with van der Waals surface area (Å²) in [6.07, 6.45) is 0. The molecule has 0 amide bonds. The molecule has 0 saturated carbocycles. The van der Waals surface area contributed by atoms with E-state index in [-0.39, 0.29) is 5.88 Å². The fourth-order valence-corrected chi connectivity index (χ4v) is 1.61. The predicted molar refractivity (Wildman–Crippen MR) is 54.5 cm³/mol. The van der Waals surface area contributed by atoms with Crippen molar-refractivity contribution in [2.75, 3.05) is 7.11 Å². The number of aromatic nitrogens is 1. The van der Waals surface area contributed by atoms with Gasteiger partial charge in [-0.3, -0.25) is 0 Å². The molecule has 0 fully saturated rings. The fourth-order valence-electron chi connectivity index (χ4n) is 1.36. The highest BCUT2D eigenvalue weighted by atomic mass is 35.5. The van der Waals surface area contributed by atoms with Crippen molar-refractivity contribution in [1.82, 2.24) is 0 Å². The summed E-state index contributed by atoms with van der Waals surface area (Å²) in [5.41, 5.74) is 0.511. The number of fused-ring (bicyclic) bond motifs is 1. The van der Waals surface area contributed by atoms with Gasteiger partial charge in [-0.25, -0.2) is 0 Å². The summed E-state index contributed by atoms with van der Waals surface area (Å²) in [6.45, 7) is 0. The molecular formula is C10H8ClNO2. The maximum Gasteiger partial charge on any atom is 0.381 e. The molecule has 0 bridgehead atoms. The number of ether oxygens (including phenoxy) is 1. The molecule has 72 valence electrons. The quantitative estimate of drug-likeness (QED) is 0.533. The number of hydrogen-bond donors (Lipinski definition) is 0. The van der Waals surface area contributed by atoms with Gasteiger partial charge in [0.1, 0.15) is 0 Å². The Morgan fingerprint density at radius 3 is 2.79 bits per heavy atom. The highest BCUT2D eigenvalue weighted by Gasteiger charge is 2.13. The first kappa shape index (κ1) is 9.09. The van der Waals surface area contributed by atoms with Crippen LogP contribution in [0.4, 0.5) is 0 Å². The van der Waals surface area contributed by atoms with E-state index in [1.54, 1.807) is 18.2 Å². The van der Waals surface area contributed by atoms with Gasteiger partial charge >= 0.3 is 5.88 Å². The summed E-state index contributed by atoms with van der Waals surface area (Å²) in [4.78, 5) is 0. The number of halogens is 1. The van der Waals surface area contributed by atoms with Crippen LogP contribution in [0.15, 0.2) is 30.3 Å². The second-order valence-electron chi connectivity index (χ2n) is 2.85. The van der Waals surface area contributed by atoms with Crippen LogP contribution in [0.2, 0.25) is 5.02 Å². The number of para-hydroxylation sites is 1. The monoisotopic (exact) mass is 209 g/mol. The molecule has 14 heavy (non-hydrogen) atoms. The normalized spacial score (nSPS) is 10.4. The molecular weight excluding hydrogens is 202 g/mol. The number of hydrogen-bond acceptors (Lipinski definition) is 2. The summed E-state index contributed by atoms with van der Waals surface area (Å²) < 4.78 is 5.62. The topological polar surface area (TPSA) is 36.2 Å². The van der Waals surface area contributed by atoms with Crippen molar-refractivity contribution >= 4 is 22.5 Å². The lowest BCUT2D eigenvalue weighted by molar-refractivity contribution is -0.584. The molecule has 1 heterocycles. The molecule has 0 N–H and O–H groups in total. The molecule has 1 aromatic carbocycles. The number of benzene rings is 1. The van der Waals surface area contributed by atoms with Crippen LogP contribution < -0.4 is 9.47 Å². The second-order valence-corrected chi connectivity index (χ2v) is 3.25. The van der Waals surface area contributed by atoms with Crippen LogP contribution in [0, 0.1) is 5.21 Å². The lowest BCUT2D eigenvalue weighted by Gasteiger charge is -2.06. The molecule has 1 aromatic heterocycles. The maximum atomic E-state index is 11.6. The van der Waals surface area contributed by atoms with Gasteiger partial charge in [-0.05, 0) is 6.07 Å². The van der Waals surface area contributed by atoms with Crippen LogP contribution in [0.25, 0.3) is 10.9 Å². The third-order valence-corrected chi connectivity index (χ3v) is 2.35. The van der Waals surface area contributed by atoms with Crippen molar-refractivity contribution in [2.45, 2.75) is 0 Å². The Kier molecular flexibility index (Phi) is 2.17. The van der Waals surface area contributed by atoms with E-state index in [0.717, 1.165) is 10.1 Å². The molecule has 0 spiro atoms. The van der Waals surface area contributed by atoms with Crippen LogP contribution in [0.3, 0.4) is 0 Å². The number of rotatable bonds is 1. The van der Waals surface area contributed by atoms with Crippen molar-refractivity contribution in [3.8, 4) is 5.88 Å². The van der Waals surface area contributed by atoms with Crippen molar-refractivity contribution < 1.29 is 9.47 Å². The number of methoxy groups -OCH3 is 1. The van der Waals surface area contributed by atoms with Crippen LogP contribution in [-0.2, 0) is 0 Å². The molecule has 0 aliphatic carbocycles. The van der Waals surface area contributed by atoms with E-state index in [1.165, 1.54) is 13.2 Å². The standard InChI is InChI=1S/C10H8ClNO2/c1-14-10-6-8(11)7-4-2-3-5-9(7)12(10)13/h2-6H,1H3. The van der Waals surface area contributed by atoms with E-state index in [1.807, 2.05) is 6.07 Å². The summed E-state index contributed by atoms with van der Waals surface area (Å²) in [5, 5.41) is 12.9. The third kappa shape index (κ3) is 1.26. The van der Waals surface area contributed by atoms with Crippen molar-refractivity contribution in [3.05, 3.63) is 40.6 Å². The largest absolute Gasteiger partial charge is 0.616 e. The molecule has 0 unspecified atom stereocenters. The highest BCUT2D eigenvalue weighted by Crippen LogP contribution is 2.23. The Hall–Kier alpha value is -1.48. The Labute approximate surface area is 86.1 Å². The third-order valence-electron chi connectivity index (χ3n) is 2.04. The van der Waals surface area contributed by atoms with Gasteiger partial charge in [0.15, 0.2) is 0 Å². The lowest BCUT2D eigenvalue weighted by Crippen LogP contribution is -2.29. The van der Waals surface area contributed by atoms with Crippen LogP contribution in [-0.4, -0.2) is 7.11 Å². The molecule has 0 atom stereocenters. The average Bonchev–Trinajstić information content (AvgIpc) is 2.23. The van der Waals surface area contributed by atoms with E-state index in [9.17, 15) is 5.21 Å². The number of nitrogens with zero attached hydrogens (tertiary/aromatic N) is 1.